The van der Waals surface area contributed by atoms with Crippen LogP contribution in [0, 0.1) is 0 Å². The Morgan fingerprint density at radius 3 is 1.73 bits per heavy atom. The van der Waals surface area contributed by atoms with Gasteiger partial charge in [0.05, 0.1) is 53.0 Å². The summed E-state index contributed by atoms with van der Waals surface area (Å²) in [4.78, 5) is 23.1. The number of esters is 2. The topological polar surface area (TPSA) is 161 Å². The zero-order valence-corrected chi connectivity index (χ0v) is 29.4. The van der Waals surface area contributed by atoms with E-state index in [0.29, 0.717) is 28.5 Å². The fraction of sp³-hybridized carbons (Fsp3) is 0.429. The molecule has 0 aliphatic heterocycles. The molecule has 49 heavy (non-hydrogen) atoms. The van der Waals surface area contributed by atoms with Crippen LogP contribution in [0.2, 0.25) is 0 Å². The van der Waals surface area contributed by atoms with Crippen LogP contribution < -0.4 is 0 Å². The lowest BCUT2D eigenvalue weighted by Crippen LogP contribution is -2.10. The van der Waals surface area contributed by atoms with Crippen LogP contribution in [-0.2, 0) is 81.0 Å². The molecule has 2 aliphatic carbocycles. The Morgan fingerprint density at radius 2 is 1.22 bits per heavy atom. The molecule has 0 bridgehead atoms. The Morgan fingerprint density at radius 1 is 0.735 bits per heavy atom. The van der Waals surface area contributed by atoms with Crippen molar-refractivity contribution in [2.45, 2.75) is 64.9 Å². The number of benzene rings is 2. The number of aliphatic hydroxyl groups excluding tert-OH is 1. The minimum absolute atomic E-state index is 0.0347. The molecule has 0 atom stereocenters. The summed E-state index contributed by atoms with van der Waals surface area (Å²) in [6.45, 7) is 1.14. The largest absolute Gasteiger partial charge is 0.465 e. The van der Waals surface area contributed by atoms with Crippen LogP contribution in [0.1, 0.15) is 78.3 Å². The average molecular weight is 697 g/mol. The van der Waals surface area contributed by atoms with Crippen LogP contribution in [-0.4, -0.2) is 79.1 Å². The van der Waals surface area contributed by atoms with Crippen molar-refractivity contribution in [2.75, 3.05) is 34.7 Å². The van der Waals surface area contributed by atoms with Crippen molar-refractivity contribution in [3.05, 3.63) is 105 Å². The summed E-state index contributed by atoms with van der Waals surface area (Å²) in [5.41, 5.74) is 9.43. The third-order valence-corrected chi connectivity index (χ3v) is 9.04. The molecule has 2 aromatic carbocycles. The second kappa shape index (κ2) is 17.3. The number of ether oxygens (including phenoxy) is 4. The van der Waals surface area contributed by atoms with E-state index < -0.39 is 16.0 Å². The van der Waals surface area contributed by atoms with Crippen molar-refractivity contribution in [3.8, 4) is 0 Å². The van der Waals surface area contributed by atoms with Gasteiger partial charge in [-0.15, -0.1) is 0 Å². The fourth-order valence-corrected chi connectivity index (χ4v) is 6.32. The fourth-order valence-electron chi connectivity index (χ4n) is 5.78. The van der Waals surface area contributed by atoms with Gasteiger partial charge in [0.15, 0.2) is 0 Å². The number of hydrogen-bond acceptors (Lipinski definition) is 11. The number of carbonyl (C=O) groups excluding carboxylic acids is 2. The van der Waals surface area contributed by atoms with Gasteiger partial charge in [-0.25, -0.2) is 18.0 Å². The van der Waals surface area contributed by atoms with Gasteiger partial charge < -0.3 is 24.1 Å². The third kappa shape index (κ3) is 9.85. The predicted molar refractivity (Wildman–Crippen MR) is 181 cm³/mol. The first kappa shape index (κ1) is 37.4. The average Bonchev–Trinajstić information content (AvgIpc) is 3.91. The van der Waals surface area contributed by atoms with Gasteiger partial charge in [-0.05, 0) is 71.9 Å². The highest BCUT2D eigenvalue weighted by Crippen LogP contribution is 2.24. The van der Waals surface area contributed by atoms with Gasteiger partial charge in [-0.1, -0.05) is 36.4 Å². The first-order chi connectivity index (χ1) is 23.5. The lowest BCUT2D eigenvalue weighted by Gasteiger charge is -2.05. The quantitative estimate of drug-likeness (QED) is 0.241. The smallest absolute Gasteiger partial charge is 0.341 e. The molecule has 0 amide bonds. The number of aryl methyl sites for hydroxylation is 4. The highest BCUT2D eigenvalue weighted by molar-refractivity contribution is 7.89. The molecular formula is C35H44N4O9S. The first-order valence-corrected chi connectivity index (χ1v) is 17.7. The van der Waals surface area contributed by atoms with Crippen LogP contribution in [0.3, 0.4) is 0 Å². The maximum Gasteiger partial charge on any atom is 0.341 e. The maximum atomic E-state index is 11.8. The first-order valence-electron chi connectivity index (χ1n) is 15.8. The molecule has 6 rings (SSSR count). The lowest BCUT2D eigenvalue weighted by molar-refractivity contribution is 0.0587. The normalized spacial score (nSPS) is 13.0. The number of carbonyl (C=O) groups is 2. The van der Waals surface area contributed by atoms with Gasteiger partial charge >= 0.3 is 11.9 Å². The SMILES string of the molecule is COCc1nn(Cc2ccc3c(c2)CCC3)cc1C(=O)OC.COCc1nn(S(C)(=O)=O)cc1C(=O)OC.OCc1ccc2c(c1)CCC2. The Bertz CT molecular complexity index is 1860. The van der Waals surface area contributed by atoms with Gasteiger partial charge in [0.25, 0.3) is 10.0 Å². The number of nitrogens with zero attached hydrogens (tertiary/aromatic N) is 4. The van der Waals surface area contributed by atoms with E-state index in [1.54, 1.807) is 18.0 Å². The zero-order chi connectivity index (χ0) is 35.6. The molecule has 0 unspecified atom stereocenters. The predicted octanol–water partition coefficient (Wildman–Crippen LogP) is 3.64. The Kier molecular flexibility index (Phi) is 13.2. The van der Waals surface area contributed by atoms with Crippen molar-refractivity contribution in [2.24, 2.45) is 0 Å². The summed E-state index contributed by atoms with van der Waals surface area (Å²) in [6.07, 6.45) is 11.1. The molecule has 264 valence electrons. The van der Waals surface area contributed by atoms with Gasteiger partial charge in [-0.3, -0.25) is 4.68 Å². The number of rotatable bonds is 10. The van der Waals surface area contributed by atoms with Crippen LogP contribution >= 0.6 is 0 Å². The maximum absolute atomic E-state index is 11.8. The molecule has 0 fully saturated rings. The summed E-state index contributed by atoms with van der Waals surface area (Å²) in [6, 6.07) is 12.9. The molecule has 0 saturated carbocycles. The summed E-state index contributed by atoms with van der Waals surface area (Å²) < 4.78 is 44.2. The molecule has 0 radical (unpaired) electrons. The second-order valence-corrected chi connectivity index (χ2v) is 13.6. The summed E-state index contributed by atoms with van der Waals surface area (Å²) >= 11 is 0. The summed E-state index contributed by atoms with van der Waals surface area (Å²) in [5.74, 6) is -1.03. The van der Waals surface area contributed by atoms with Gasteiger partial charge in [0.1, 0.15) is 22.5 Å². The summed E-state index contributed by atoms with van der Waals surface area (Å²) in [7, 11) is 2.06. The standard InChI is InChI=1S/C17H20N2O3.C10H12O.C8H12N2O5S/c1-21-11-16-15(17(20)22-2)10-19(18-16)9-12-6-7-13-4-3-5-14(13)8-12;11-7-8-4-5-9-2-1-3-10(9)6-8;1-14-5-7-6(8(11)15-2)4-10(9-7)16(3,12)13/h6-8,10H,3-5,9,11H2,1-2H3;4-6,11H,1-3,7H2;4H,5H2,1-3H3. The van der Waals surface area contributed by atoms with E-state index in [0.717, 1.165) is 24.4 Å². The van der Waals surface area contributed by atoms with Crippen molar-refractivity contribution in [3.63, 3.8) is 0 Å². The number of aromatic nitrogens is 4. The zero-order valence-electron chi connectivity index (χ0n) is 28.6. The highest BCUT2D eigenvalue weighted by Gasteiger charge is 2.20. The Hall–Kier alpha value is -4.37. The lowest BCUT2D eigenvalue weighted by atomic mass is 10.1. The van der Waals surface area contributed by atoms with Gasteiger partial charge in [-0.2, -0.15) is 14.3 Å². The number of hydrogen-bond donors (Lipinski definition) is 1. The molecule has 4 aromatic rings. The van der Waals surface area contributed by atoms with Crippen molar-refractivity contribution in [1.29, 1.82) is 0 Å². The molecule has 2 aromatic heterocycles. The number of aliphatic hydroxyl groups is 1. The van der Waals surface area contributed by atoms with Crippen molar-refractivity contribution < 1.29 is 42.1 Å². The van der Waals surface area contributed by atoms with Crippen LogP contribution in [0.15, 0.2) is 48.8 Å². The van der Waals surface area contributed by atoms with E-state index >= 15 is 0 Å². The minimum atomic E-state index is -3.52. The highest BCUT2D eigenvalue weighted by atomic mass is 32.2. The molecule has 2 aliphatic rings. The summed E-state index contributed by atoms with van der Waals surface area (Å²) in [5, 5.41) is 17.1. The van der Waals surface area contributed by atoms with Crippen molar-refractivity contribution in [1.82, 2.24) is 19.0 Å². The van der Waals surface area contributed by atoms with E-state index in [-0.39, 0.29) is 30.4 Å². The second-order valence-electron chi connectivity index (χ2n) is 11.7. The monoisotopic (exact) mass is 696 g/mol. The van der Waals surface area contributed by atoms with E-state index in [1.807, 2.05) is 6.07 Å². The van der Waals surface area contributed by atoms with E-state index in [1.165, 1.54) is 81.3 Å². The van der Waals surface area contributed by atoms with Gasteiger partial charge in [0.2, 0.25) is 0 Å². The van der Waals surface area contributed by atoms with Crippen LogP contribution in [0.25, 0.3) is 0 Å². The molecule has 0 saturated heterocycles. The molecular weight excluding hydrogens is 652 g/mol. The molecule has 13 nitrogen and oxygen atoms in total. The molecule has 14 heteroatoms. The van der Waals surface area contributed by atoms with E-state index in [4.69, 9.17) is 19.3 Å². The minimum Gasteiger partial charge on any atom is -0.465 e. The van der Waals surface area contributed by atoms with E-state index in [2.05, 4.69) is 45.3 Å². The van der Waals surface area contributed by atoms with Crippen LogP contribution in [0.5, 0.6) is 0 Å². The Labute approximate surface area is 286 Å². The van der Waals surface area contributed by atoms with Crippen LogP contribution in [0.4, 0.5) is 0 Å². The third-order valence-electron chi connectivity index (χ3n) is 8.17. The van der Waals surface area contributed by atoms with Gasteiger partial charge in [0, 0.05) is 20.4 Å². The molecule has 0 spiro atoms. The molecule has 2 heterocycles. The Balaban J connectivity index is 0.000000176. The molecule has 1 N–H and O–H groups in total. The number of fused-ring (bicyclic) bond motifs is 2. The number of methoxy groups -OCH3 is 4. The van der Waals surface area contributed by atoms with Crippen molar-refractivity contribution >= 4 is 22.0 Å². The van der Waals surface area contributed by atoms with E-state index in [9.17, 15) is 18.0 Å².